The number of aliphatic carboxylic acids is 1. The van der Waals surface area contributed by atoms with E-state index < -0.39 is 5.97 Å². The van der Waals surface area contributed by atoms with E-state index >= 15 is 0 Å². The SMILES string of the molecule is CC(=O)O.COc1cccc(OC)c1CN1Cc2ccccc2N=C1N. The Labute approximate surface area is 152 Å². The lowest BCUT2D eigenvalue weighted by Gasteiger charge is -2.29. The summed E-state index contributed by atoms with van der Waals surface area (Å²) in [7, 11) is 3.31. The fourth-order valence-corrected chi connectivity index (χ4v) is 2.65. The largest absolute Gasteiger partial charge is 0.496 e. The van der Waals surface area contributed by atoms with Crippen molar-refractivity contribution in [1.29, 1.82) is 0 Å². The van der Waals surface area contributed by atoms with Crippen molar-refractivity contribution in [2.75, 3.05) is 14.2 Å². The molecule has 0 fully saturated rings. The number of nitrogens with two attached hydrogens (primary N) is 1. The average molecular weight is 357 g/mol. The number of benzene rings is 2. The van der Waals surface area contributed by atoms with Crippen molar-refractivity contribution in [2.45, 2.75) is 20.0 Å². The van der Waals surface area contributed by atoms with Crippen LogP contribution in [0.5, 0.6) is 11.5 Å². The number of guanidine groups is 1. The van der Waals surface area contributed by atoms with Gasteiger partial charge in [0.05, 0.1) is 32.0 Å². The van der Waals surface area contributed by atoms with Crippen LogP contribution in [0.4, 0.5) is 5.69 Å². The first-order chi connectivity index (χ1) is 12.5. The van der Waals surface area contributed by atoms with Gasteiger partial charge >= 0.3 is 0 Å². The zero-order chi connectivity index (χ0) is 19.1. The van der Waals surface area contributed by atoms with E-state index in [1.54, 1.807) is 14.2 Å². The third kappa shape index (κ3) is 4.66. The summed E-state index contributed by atoms with van der Waals surface area (Å²) in [5, 5.41) is 7.42. The highest BCUT2D eigenvalue weighted by Gasteiger charge is 2.20. The molecule has 0 radical (unpaired) electrons. The number of rotatable bonds is 4. The maximum atomic E-state index is 9.00. The second-order valence-corrected chi connectivity index (χ2v) is 5.61. The Kier molecular flexibility index (Phi) is 6.43. The number of para-hydroxylation sites is 1. The first-order valence-electron chi connectivity index (χ1n) is 8.02. The second-order valence-electron chi connectivity index (χ2n) is 5.61. The van der Waals surface area contributed by atoms with Crippen LogP contribution in [0.15, 0.2) is 47.5 Å². The molecule has 3 N–H and O–H groups in total. The van der Waals surface area contributed by atoms with Gasteiger partial charge in [-0.3, -0.25) is 4.79 Å². The summed E-state index contributed by atoms with van der Waals surface area (Å²) in [5.41, 5.74) is 9.17. The van der Waals surface area contributed by atoms with E-state index in [4.69, 9.17) is 25.1 Å². The number of ether oxygens (including phenoxy) is 2. The molecule has 1 heterocycles. The first-order valence-corrected chi connectivity index (χ1v) is 8.02. The van der Waals surface area contributed by atoms with E-state index in [2.05, 4.69) is 11.1 Å². The Hall–Kier alpha value is -3.22. The van der Waals surface area contributed by atoms with Gasteiger partial charge in [0, 0.05) is 13.5 Å². The molecule has 0 aliphatic carbocycles. The molecule has 26 heavy (non-hydrogen) atoms. The van der Waals surface area contributed by atoms with Crippen molar-refractivity contribution in [2.24, 2.45) is 10.7 Å². The predicted molar refractivity (Wildman–Crippen MR) is 99.8 cm³/mol. The number of carboxylic acid groups (broad SMARTS) is 1. The van der Waals surface area contributed by atoms with Gasteiger partial charge in [0.2, 0.25) is 0 Å². The van der Waals surface area contributed by atoms with E-state index in [0.717, 1.165) is 35.2 Å². The number of carbonyl (C=O) groups is 1. The van der Waals surface area contributed by atoms with E-state index in [9.17, 15) is 0 Å². The van der Waals surface area contributed by atoms with Crippen LogP contribution in [0.1, 0.15) is 18.1 Å². The number of nitrogens with zero attached hydrogens (tertiary/aromatic N) is 2. The number of aliphatic imine (C=N–C) groups is 1. The maximum absolute atomic E-state index is 9.00. The van der Waals surface area contributed by atoms with E-state index in [-0.39, 0.29) is 0 Å². The second kappa shape index (κ2) is 8.75. The standard InChI is InChI=1S/C17H19N3O2.C2H4O2/c1-21-15-8-5-9-16(22-2)13(15)11-20-10-12-6-3-4-7-14(12)19-17(20)18;1-2(3)4/h3-9H,10-11H2,1-2H3,(H2,18,19);1H3,(H,3,4). The molecule has 0 atom stereocenters. The highest BCUT2D eigenvalue weighted by atomic mass is 16.5. The van der Waals surface area contributed by atoms with Crippen molar-refractivity contribution >= 4 is 17.6 Å². The van der Waals surface area contributed by atoms with E-state index in [0.29, 0.717) is 19.0 Å². The van der Waals surface area contributed by atoms with Crippen molar-refractivity contribution < 1.29 is 19.4 Å². The summed E-state index contributed by atoms with van der Waals surface area (Å²) in [6.45, 7) is 2.38. The number of methoxy groups -OCH3 is 2. The molecule has 3 rings (SSSR count). The Morgan fingerprint density at radius 3 is 2.31 bits per heavy atom. The van der Waals surface area contributed by atoms with Crippen LogP contribution in [0, 0.1) is 0 Å². The van der Waals surface area contributed by atoms with Gasteiger partial charge in [0.25, 0.3) is 5.97 Å². The van der Waals surface area contributed by atoms with Crippen LogP contribution < -0.4 is 15.2 Å². The third-order valence-electron chi connectivity index (χ3n) is 3.79. The molecule has 0 amide bonds. The van der Waals surface area contributed by atoms with Crippen LogP contribution in [-0.2, 0) is 17.9 Å². The van der Waals surface area contributed by atoms with Gasteiger partial charge in [0.15, 0.2) is 5.96 Å². The summed E-state index contributed by atoms with van der Waals surface area (Å²) in [4.78, 5) is 15.5. The van der Waals surface area contributed by atoms with E-state index in [1.807, 2.05) is 41.3 Å². The number of hydrogen-bond acceptors (Lipinski definition) is 6. The van der Waals surface area contributed by atoms with Gasteiger partial charge in [0.1, 0.15) is 11.5 Å². The van der Waals surface area contributed by atoms with Gasteiger partial charge in [-0.15, -0.1) is 0 Å². The molecule has 0 unspecified atom stereocenters. The molecule has 2 aromatic rings. The van der Waals surface area contributed by atoms with Crippen LogP contribution in [0.25, 0.3) is 0 Å². The Balaban J connectivity index is 0.000000552. The molecule has 0 saturated heterocycles. The van der Waals surface area contributed by atoms with Crippen LogP contribution in [0.2, 0.25) is 0 Å². The van der Waals surface area contributed by atoms with E-state index in [1.165, 1.54) is 0 Å². The smallest absolute Gasteiger partial charge is 0.300 e. The number of carboxylic acids is 1. The summed E-state index contributed by atoms with van der Waals surface area (Å²) in [6, 6.07) is 13.8. The average Bonchev–Trinajstić information content (AvgIpc) is 2.62. The maximum Gasteiger partial charge on any atom is 0.300 e. The lowest BCUT2D eigenvalue weighted by atomic mass is 10.1. The highest BCUT2D eigenvalue weighted by Crippen LogP contribution is 2.32. The van der Waals surface area contributed by atoms with Gasteiger partial charge in [-0.25, -0.2) is 4.99 Å². The first kappa shape index (κ1) is 19.1. The number of fused-ring (bicyclic) bond motifs is 1. The fourth-order valence-electron chi connectivity index (χ4n) is 2.65. The quantitative estimate of drug-likeness (QED) is 0.873. The number of hydrogen-bond donors (Lipinski definition) is 2. The minimum absolute atomic E-state index is 0.506. The Bertz CT molecular complexity index is 779. The molecule has 0 aromatic heterocycles. The normalized spacial score (nSPS) is 12.3. The minimum Gasteiger partial charge on any atom is -0.496 e. The fraction of sp³-hybridized carbons (Fsp3) is 0.263. The summed E-state index contributed by atoms with van der Waals surface area (Å²) >= 11 is 0. The zero-order valence-corrected chi connectivity index (χ0v) is 15.1. The summed E-state index contributed by atoms with van der Waals surface area (Å²) in [5.74, 6) is 1.24. The zero-order valence-electron chi connectivity index (χ0n) is 15.1. The molecule has 138 valence electrons. The Morgan fingerprint density at radius 1 is 1.15 bits per heavy atom. The Morgan fingerprint density at radius 2 is 1.73 bits per heavy atom. The van der Waals surface area contributed by atoms with Crippen LogP contribution in [-0.4, -0.2) is 36.2 Å². The highest BCUT2D eigenvalue weighted by molar-refractivity contribution is 5.83. The van der Waals surface area contributed by atoms with Crippen molar-refractivity contribution in [3.63, 3.8) is 0 Å². The molecule has 1 aliphatic rings. The molecule has 0 spiro atoms. The summed E-state index contributed by atoms with van der Waals surface area (Å²) in [6.07, 6.45) is 0. The summed E-state index contributed by atoms with van der Waals surface area (Å²) < 4.78 is 10.9. The van der Waals surface area contributed by atoms with Crippen molar-refractivity contribution in [1.82, 2.24) is 4.90 Å². The van der Waals surface area contributed by atoms with Crippen molar-refractivity contribution in [3.8, 4) is 11.5 Å². The molecular formula is C19H23N3O4. The van der Waals surface area contributed by atoms with Crippen LogP contribution in [0.3, 0.4) is 0 Å². The van der Waals surface area contributed by atoms with Crippen molar-refractivity contribution in [3.05, 3.63) is 53.6 Å². The molecule has 0 saturated carbocycles. The predicted octanol–water partition coefficient (Wildman–Crippen LogP) is 2.76. The molecule has 7 nitrogen and oxygen atoms in total. The third-order valence-corrected chi connectivity index (χ3v) is 3.79. The van der Waals surface area contributed by atoms with Gasteiger partial charge in [-0.2, -0.15) is 0 Å². The van der Waals surface area contributed by atoms with Crippen LogP contribution >= 0.6 is 0 Å². The lowest BCUT2D eigenvalue weighted by Crippen LogP contribution is -2.38. The molecule has 1 aliphatic heterocycles. The minimum atomic E-state index is -0.833. The van der Waals surface area contributed by atoms with Gasteiger partial charge in [-0.1, -0.05) is 24.3 Å². The lowest BCUT2D eigenvalue weighted by molar-refractivity contribution is -0.134. The monoisotopic (exact) mass is 357 g/mol. The molecule has 7 heteroatoms. The molecule has 0 bridgehead atoms. The van der Waals surface area contributed by atoms with Gasteiger partial charge < -0.3 is 25.2 Å². The topological polar surface area (TPSA) is 97.4 Å². The van der Waals surface area contributed by atoms with Gasteiger partial charge in [-0.05, 0) is 23.8 Å². The molecule has 2 aromatic carbocycles. The molecular weight excluding hydrogens is 334 g/mol.